The Morgan fingerprint density at radius 2 is 1.94 bits per heavy atom. The van der Waals surface area contributed by atoms with E-state index < -0.39 is 0 Å². The Kier molecular flexibility index (Phi) is 3.95. The van der Waals surface area contributed by atoms with Crippen molar-refractivity contribution in [3.8, 4) is 0 Å². The van der Waals surface area contributed by atoms with Crippen LogP contribution in [-0.4, -0.2) is 36.1 Å². The van der Waals surface area contributed by atoms with Crippen molar-refractivity contribution in [2.45, 2.75) is 76.3 Å². The molecule has 2 aliphatic carbocycles. The van der Waals surface area contributed by atoms with Crippen molar-refractivity contribution < 1.29 is 0 Å². The highest BCUT2D eigenvalue weighted by Crippen LogP contribution is 2.39. The van der Waals surface area contributed by atoms with Crippen LogP contribution in [0.4, 0.5) is 0 Å². The van der Waals surface area contributed by atoms with Gasteiger partial charge in [-0.3, -0.25) is 4.90 Å². The number of nitrogens with zero attached hydrogens (tertiary/aromatic N) is 1. The molecule has 0 aromatic carbocycles. The first-order valence-corrected chi connectivity index (χ1v) is 8.31. The molecule has 3 rings (SSSR count). The van der Waals surface area contributed by atoms with Crippen molar-refractivity contribution in [2.24, 2.45) is 5.92 Å². The van der Waals surface area contributed by atoms with Crippen LogP contribution in [0.25, 0.3) is 0 Å². The van der Waals surface area contributed by atoms with Crippen molar-refractivity contribution in [2.75, 3.05) is 19.6 Å². The van der Waals surface area contributed by atoms with Gasteiger partial charge in [-0.1, -0.05) is 39.0 Å². The highest BCUT2D eigenvalue weighted by Gasteiger charge is 2.43. The summed E-state index contributed by atoms with van der Waals surface area (Å²) < 4.78 is 0. The molecule has 18 heavy (non-hydrogen) atoms. The molecule has 1 aliphatic heterocycles. The minimum absolute atomic E-state index is 0.555. The fourth-order valence-corrected chi connectivity index (χ4v) is 4.11. The van der Waals surface area contributed by atoms with E-state index in [2.05, 4.69) is 17.1 Å². The third-order valence-electron chi connectivity index (χ3n) is 5.51. The van der Waals surface area contributed by atoms with Gasteiger partial charge in [0, 0.05) is 24.7 Å². The van der Waals surface area contributed by atoms with E-state index in [1.807, 2.05) is 0 Å². The number of rotatable bonds is 5. The number of nitrogens with one attached hydrogen (secondary N) is 1. The SMILES string of the molecule is CCCC1CN(CCC2CC2)C2(CCCC2)CN1. The molecule has 2 nitrogen and oxygen atoms in total. The van der Waals surface area contributed by atoms with Gasteiger partial charge in [0.05, 0.1) is 0 Å². The molecule has 0 amide bonds. The van der Waals surface area contributed by atoms with Gasteiger partial charge in [-0.05, 0) is 38.1 Å². The summed E-state index contributed by atoms with van der Waals surface area (Å²) in [5.74, 6) is 1.09. The van der Waals surface area contributed by atoms with E-state index in [-0.39, 0.29) is 0 Å². The van der Waals surface area contributed by atoms with Gasteiger partial charge in [0.1, 0.15) is 0 Å². The summed E-state index contributed by atoms with van der Waals surface area (Å²) in [6, 6.07) is 0.764. The lowest BCUT2D eigenvalue weighted by Crippen LogP contribution is -2.63. The number of hydrogen-bond acceptors (Lipinski definition) is 2. The monoisotopic (exact) mass is 250 g/mol. The summed E-state index contributed by atoms with van der Waals surface area (Å²) >= 11 is 0. The Morgan fingerprint density at radius 1 is 1.17 bits per heavy atom. The molecule has 0 bridgehead atoms. The van der Waals surface area contributed by atoms with Gasteiger partial charge in [0.15, 0.2) is 0 Å². The topological polar surface area (TPSA) is 15.3 Å². The Labute approximate surface area is 113 Å². The van der Waals surface area contributed by atoms with Crippen LogP contribution in [0.2, 0.25) is 0 Å². The highest BCUT2D eigenvalue weighted by molar-refractivity contribution is 5.02. The third-order valence-corrected chi connectivity index (χ3v) is 5.51. The van der Waals surface area contributed by atoms with E-state index >= 15 is 0 Å². The van der Waals surface area contributed by atoms with Crippen LogP contribution in [0, 0.1) is 5.92 Å². The Bertz CT molecular complexity index is 266. The second-order valence-corrected chi connectivity index (χ2v) is 6.98. The summed E-state index contributed by atoms with van der Waals surface area (Å²) in [5.41, 5.74) is 0.555. The molecule has 0 aromatic rings. The summed E-state index contributed by atoms with van der Waals surface area (Å²) in [6.07, 6.45) is 13.0. The molecule has 3 fully saturated rings. The van der Waals surface area contributed by atoms with E-state index in [9.17, 15) is 0 Å². The largest absolute Gasteiger partial charge is 0.311 e. The minimum atomic E-state index is 0.555. The van der Waals surface area contributed by atoms with Gasteiger partial charge >= 0.3 is 0 Å². The maximum absolute atomic E-state index is 3.84. The third kappa shape index (κ3) is 2.75. The van der Waals surface area contributed by atoms with Gasteiger partial charge < -0.3 is 5.32 Å². The van der Waals surface area contributed by atoms with Gasteiger partial charge in [0.25, 0.3) is 0 Å². The van der Waals surface area contributed by atoms with Crippen LogP contribution in [-0.2, 0) is 0 Å². The molecule has 1 atom stereocenters. The van der Waals surface area contributed by atoms with Crippen molar-refractivity contribution in [3.05, 3.63) is 0 Å². The molecule has 1 N–H and O–H groups in total. The fraction of sp³-hybridized carbons (Fsp3) is 1.00. The van der Waals surface area contributed by atoms with Gasteiger partial charge in [-0.2, -0.15) is 0 Å². The van der Waals surface area contributed by atoms with Crippen molar-refractivity contribution in [1.82, 2.24) is 10.2 Å². The Hall–Kier alpha value is -0.0800. The zero-order chi connectivity index (χ0) is 12.4. The van der Waals surface area contributed by atoms with E-state index in [0.29, 0.717) is 5.54 Å². The summed E-state index contributed by atoms with van der Waals surface area (Å²) in [7, 11) is 0. The average Bonchev–Trinajstić information content (AvgIpc) is 3.09. The smallest absolute Gasteiger partial charge is 0.0334 e. The van der Waals surface area contributed by atoms with Gasteiger partial charge in [0.2, 0.25) is 0 Å². The summed E-state index contributed by atoms with van der Waals surface area (Å²) in [6.45, 7) is 6.28. The average molecular weight is 250 g/mol. The number of hydrogen-bond donors (Lipinski definition) is 1. The molecule has 0 radical (unpaired) electrons. The molecule has 1 spiro atoms. The normalized spacial score (nSPS) is 32.2. The first kappa shape index (κ1) is 12.9. The first-order valence-electron chi connectivity index (χ1n) is 8.31. The molecule has 1 heterocycles. The van der Waals surface area contributed by atoms with E-state index in [0.717, 1.165) is 12.0 Å². The summed E-state index contributed by atoms with van der Waals surface area (Å²) in [4.78, 5) is 2.90. The second-order valence-electron chi connectivity index (χ2n) is 6.98. The van der Waals surface area contributed by atoms with Crippen LogP contribution in [0.5, 0.6) is 0 Å². The van der Waals surface area contributed by atoms with Crippen LogP contribution in [0.15, 0.2) is 0 Å². The van der Waals surface area contributed by atoms with Crippen LogP contribution >= 0.6 is 0 Å². The van der Waals surface area contributed by atoms with Crippen LogP contribution in [0.3, 0.4) is 0 Å². The lowest BCUT2D eigenvalue weighted by Gasteiger charge is -2.48. The van der Waals surface area contributed by atoms with E-state index in [1.165, 1.54) is 77.4 Å². The van der Waals surface area contributed by atoms with Crippen molar-refractivity contribution in [1.29, 1.82) is 0 Å². The Balaban J connectivity index is 1.61. The summed E-state index contributed by atoms with van der Waals surface area (Å²) in [5, 5.41) is 3.84. The predicted octanol–water partition coefficient (Wildman–Crippen LogP) is 3.17. The molecular formula is C16H30N2. The van der Waals surface area contributed by atoms with Gasteiger partial charge in [-0.15, -0.1) is 0 Å². The number of piperazine rings is 1. The fourth-order valence-electron chi connectivity index (χ4n) is 4.11. The minimum Gasteiger partial charge on any atom is -0.311 e. The van der Waals surface area contributed by atoms with Crippen LogP contribution in [0.1, 0.15) is 64.7 Å². The zero-order valence-electron chi connectivity index (χ0n) is 12.1. The molecular weight excluding hydrogens is 220 g/mol. The standard InChI is InChI=1S/C16H30N2/c1-2-5-15-12-18(11-8-14-6-7-14)16(13-17-15)9-3-4-10-16/h14-15,17H,2-13H2,1H3. The van der Waals surface area contributed by atoms with E-state index in [1.54, 1.807) is 0 Å². The van der Waals surface area contributed by atoms with Crippen LogP contribution < -0.4 is 5.32 Å². The first-order chi connectivity index (χ1) is 8.82. The molecule has 1 saturated heterocycles. The maximum Gasteiger partial charge on any atom is 0.0334 e. The van der Waals surface area contributed by atoms with E-state index in [4.69, 9.17) is 0 Å². The lowest BCUT2D eigenvalue weighted by molar-refractivity contribution is 0.0388. The molecule has 0 aromatic heterocycles. The van der Waals surface area contributed by atoms with Crippen molar-refractivity contribution >= 4 is 0 Å². The zero-order valence-corrected chi connectivity index (χ0v) is 12.1. The molecule has 1 unspecified atom stereocenters. The predicted molar refractivity (Wildman–Crippen MR) is 76.8 cm³/mol. The van der Waals surface area contributed by atoms with Crippen molar-refractivity contribution in [3.63, 3.8) is 0 Å². The lowest BCUT2D eigenvalue weighted by atomic mass is 9.89. The second kappa shape index (κ2) is 5.50. The molecule has 3 aliphatic rings. The van der Waals surface area contributed by atoms with Gasteiger partial charge in [-0.25, -0.2) is 0 Å². The molecule has 2 saturated carbocycles. The molecule has 2 heteroatoms. The molecule has 104 valence electrons. The Morgan fingerprint density at radius 3 is 2.61 bits per heavy atom. The maximum atomic E-state index is 3.84. The quantitative estimate of drug-likeness (QED) is 0.806. The highest BCUT2D eigenvalue weighted by atomic mass is 15.3.